The minimum atomic E-state index is -4.79. The minimum Gasteiger partial charge on any atom is -0.462 e. The van der Waals surface area contributed by atoms with Gasteiger partial charge in [0.1, 0.15) is 6.61 Å². The number of phosphoric ester groups is 1. The van der Waals surface area contributed by atoms with E-state index in [-0.39, 0.29) is 25.2 Å². The Morgan fingerprint density at radius 1 is 0.569 bits per heavy atom. The number of esters is 2. The van der Waals surface area contributed by atoms with Crippen molar-refractivity contribution in [2.45, 2.75) is 155 Å². The number of phosphoric acid groups is 1. The number of hydrogen-bond donors (Lipinski definition) is 2. The molecule has 0 aliphatic carbocycles. The number of carbonyl (C=O) groups excluding carboxylic acids is 3. The zero-order chi connectivity index (χ0) is 37.7. The SMILES string of the molecule is CCCCCC/C=C\C=C/CCCCCCCC(=O)OC[C@H](COP(=O)(O)O)OC(=O)CCC/C=C\C/C=C\C/C=C\C=C\C(=O)CCCCC. The maximum Gasteiger partial charge on any atom is 0.469 e. The van der Waals surface area contributed by atoms with Crippen LogP contribution in [0.25, 0.3) is 0 Å². The van der Waals surface area contributed by atoms with Crippen LogP contribution in [0.5, 0.6) is 0 Å². The molecule has 0 amide bonds. The van der Waals surface area contributed by atoms with Crippen LogP contribution in [0, 0.1) is 0 Å². The van der Waals surface area contributed by atoms with E-state index in [9.17, 15) is 18.9 Å². The topological polar surface area (TPSA) is 136 Å². The first kappa shape index (κ1) is 48.2. The first-order chi connectivity index (χ1) is 24.7. The van der Waals surface area contributed by atoms with Crippen LogP contribution in [-0.2, 0) is 32.9 Å². The molecule has 51 heavy (non-hydrogen) atoms. The van der Waals surface area contributed by atoms with Gasteiger partial charge in [0.2, 0.25) is 0 Å². The third-order valence-corrected chi connectivity index (χ3v) is 8.19. The molecule has 2 N–H and O–H groups in total. The van der Waals surface area contributed by atoms with E-state index in [0.717, 1.165) is 70.6 Å². The highest BCUT2D eigenvalue weighted by Crippen LogP contribution is 2.35. The van der Waals surface area contributed by atoms with E-state index in [1.807, 2.05) is 36.5 Å². The van der Waals surface area contributed by atoms with Crippen molar-refractivity contribution in [2.75, 3.05) is 13.2 Å². The van der Waals surface area contributed by atoms with Gasteiger partial charge in [-0.15, -0.1) is 0 Å². The molecule has 0 aromatic rings. The van der Waals surface area contributed by atoms with Gasteiger partial charge in [0.15, 0.2) is 11.9 Å². The Morgan fingerprint density at radius 3 is 1.78 bits per heavy atom. The van der Waals surface area contributed by atoms with Gasteiger partial charge in [-0.3, -0.25) is 18.9 Å². The minimum absolute atomic E-state index is 0.103. The summed E-state index contributed by atoms with van der Waals surface area (Å²) in [6.45, 7) is 3.42. The normalized spacial score (nSPS) is 13.2. The summed E-state index contributed by atoms with van der Waals surface area (Å²) in [6.07, 6.45) is 41.8. The lowest BCUT2D eigenvalue weighted by Gasteiger charge is -2.18. The molecule has 0 aliphatic heterocycles. The van der Waals surface area contributed by atoms with Crippen molar-refractivity contribution in [1.82, 2.24) is 0 Å². The summed E-state index contributed by atoms with van der Waals surface area (Å²) in [5.74, 6) is -0.849. The summed E-state index contributed by atoms with van der Waals surface area (Å²) < 4.78 is 26.2. The van der Waals surface area contributed by atoms with Gasteiger partial charge in [0.05, 0.1) is 6.61 Å². The van der Waals surface area contributed by atoms with E-state index < -0.39 is 32.5 Å². The number of ether oxygens (including phenoxy) is 2. The highest BCUT2D eigenvalue weighted by molar-refractivity contribution is 7.46. The summed E-state index contributed by atoms with van der Waals surface area (Å²) >= 11 is 0. The van der Waals surface area contributed by atoms with Gasteiger partial charge in [-0.25, -0.2) is 4.57 Å². The van der Waals surface area contributed by atoms with Crippen LogP contribution >= 0.6 is 7.82 Å². The molecule has 0 spiro atoms. The Labute approximate surface area is 308 Å². The summed E-state index contributed by atoms with van der Waals surface area (Å²) in [7, 11) is -4.79. The van der Waals surface area contributed by atoms with Crippen molar-refractivity contribution in [3.05, 3.63) is 72.9 Å². The van der Waals surface area contributed by atoms with Gasteiger partial charge in [-0.05, 0) is 70.3 Å². The number of rotatable bonds is 34. The fourth-order valence-corrected chi connectivity index (χ4v) is 5.14. The lowest BCUT2D eigenvalue weighted by Crippen LogP contribution is -2.29. The number of hydrogen-bond acceptors (Lipinski definition) is 7. The molecule has 0 bridgehead atoms. The third-order valence-electron chi connectivity index (χ3n) is 7.70. The van der Waals surface area contributed by atoms with E-state index in [2.05, 4.69) is 42.7 Å². The van der Waals surface area contributed by atoms with E-state index in [0.29, 0.717) is 25.7 Å². The fourth-order valence-electron chi connectivity index (χ4n) is 4.78. The molecule has 0 aliphatic rings. The summed E-state index contributed by atoms with van der Waals surface area (Å²) in [6, 6.07) is 0. The van der Waals surface area contributed by atoms with Gasteiger partial charge in [-0.1, -0.05) is 132 Å². The Hall–Kier alpha value is -2.84. The Kier molecular flexibility index (Phi) is 33.6. The maximum absolute atomic E-state index is 12.3. The molecule has 0 saturated carbocycles. The smallest absolute Gasteiger partial charge is 0.462 e. The van der Waals surface area contributed by atoms with Gasteiger partial charge >= 0.3 is 19.8 Å². The van der Waals surface area contributed by atoms with Crippen molar-refractivity contribution >= 4 is 25.5 Å². The molecular weight excluding hydrogens is 667 g/mol. The number of unbranched alkanes of at least 4 members (excludes halogenated alkanes) is 12. The third kappa shape index (κ3) is 38.2. The maximum atomic E-state index is 12.3. The Balaban J connectivity index is 4.16. The van der Waals surface area contributed by atoms with E-state index in [4.69, 9.17) is 19.3 Å². The van der Waals surface area contributed by atoms with Crippen LogP contribution < -0.4 is 0 Å². The molecule has 0 rings (SSSR count). The average molecular weight is 735 g/mol. The first-order valence-electron chi connectivity index (χ1n) is 19.2. The van der Waals surface area contributed by atoms with Crippen LogP contribution in [0.3, 0.4) is 0 Å². The molecule has 0 aromatic heterocycles. The second-order valence-corrected chi connectivity index (χ2v) is 13.8. The van der Waals surface area contributed by atoms with Crippen LogP contribution in [0.4, 0.5) is 0 Å². The average Bonchev–Trinajstić information content (AvgIpc) is 3.09. The summed E-state index contributed by atoms with van der Waals surface area (Å²) in [4.78, 5) is 54.4. The van der Waals surface area contributed by atoms with Crippen LogP contribution in [0.2, 0.25) is 0 Å². The lowest BCUT2D eigenvalue weighted by molar-refractivity contribution is -0.161. The van der Waals surface area contributed by atoms with E-state index in [1.54, 1.807) is 12.2 Å². The second-order valence-electron chi connectivity index (χ2n) is 12.6. The van der Waals surface area contributed by atoms with Crippen LogP contribution in [0.1, 0.15) is 149 Å². The highest BCUT2D eigenvalue weighted by Gasteiger charge is 2.22. The number of allylic oxidation sites excluding steroid dienone is 12. The zero-order valence-corrected chi connectivity index (χ0v) is 32.4. The van der Waals surface area contributed by atoms with Crippen molar-refractivity contribution < 1.29 is 42.7 Å². The molecule has 0 fully saturated rings. The van der Waals surface area contributed by atoms with Crippen molar-refractivity contribution in [1.29, 1.82) is 0 Å². The van der Waals surface area contributed by atoms with E-state index in [1.165, 1.54) is 25.7 Å². The highest BCUT2D eigenvalue weighted by atomic mass is 31.2. The number of carbonyl (C=O) groups is 3. The van der Waals surface area contributed by atoms with Crippen LogP contribution in [-0.4, -0.2) is 46.8 Å². The van der Waals surface area contributed by atoms with Crippen molar-refractivity contribution in [3.63, 3.8) is 0 Å². The largest absolute Gasteiger partial charge is 0.469 e. The van der Waals surface area contributed by atoms with Crippen LogP contribution in [0.15, 0.2) is 72.9 Å². The molecule has 290 valence electrons. The molecule has 0 heterocycles. The summed E-state index contributed by atoms with van der Waals surface area (Å²) in [5.41, 5.74) is 0. The molecule has 9 nitrogen and oxygen atoms in total. The molecule has 0 aromatic carbocycles. The molecule has 0 radical (unpaired) electrons. The molecular formula is C41H67O9P. The zero-order valence-electron chi connectivity index (χ0n) is 31.5. The predicted molar refractivity (Wildman–Crippen MR) is 207 cm³/mol. The lowest BCUT2D eigenvalue weighted by atomic mass is 10.1. The molecule has 0 saturated heterocycles. The quantitative estimate of drug-likeness (QED) is 0.0165. The van der Waals surface area contributed by atoms with Crippen molar-refractivity contribution in [3.8, 4) is 0 Å². The monoisotopic (exact) mass is 734 g/mol. The van der Waals surface area contributed by atoms with Gasteiger partial charge in [-0.2, -0.15) is 0 Å². The fraction of sp³-hybridized carbons (Fsp3) is 0.634. The van der Waals surface area contributed by atoms with Crippen molar-refractivity contribution in [2.24, 2.45) is 0 Å². The molecule has 0 unspecified atom stereocenters. The van der Waals surface area contributed by atoms with E-state index >= 15 is 0 Å². The summed E-state index contributed by atoms with van der Waals surface area (Å²) in [5, 5.41) is 0. The standard InChI is InChI=1S/C41H67O9P/c1-3-5-7-8-9-10-11-12-13-14-17-20-23-26-30-34-40(43)48-36-39(37-49-51(45,46)47)50-41(44)35-31-27-24-21-18-15-16-19-22-25-29-33-38(42)32-28-6-4-2/h10-13,15-16,21-22,24-25,29,33,39H,3-9,14,17-20,23,26-28,30-32,34-37H2,1-2H3,(H2,45,46,47)/b11-10-,13-12-,16-15-,24-21-,25-22-,33-29+/t39-/m1/s1. The molecule has 10 heteroatoms. The Bertz CT molecular complexity index is 1110. The van der Waals surface area contributed by atoms with Gasteiger partial charge < -0.3 is 19.3 Å². The second kappa shape index (κ2) is 35.6. The number of ketones is 1. The Morgan fingerprint density at radius 2 is 1.10 bits per heavy atom. The predicted octanol–water partition coefficient (Wildman–Crippen LogP) is 10.7. The van der Waals surface area contributed by atoms with Gasteiger partial charge in [0, 0.05) is 19.3 Å². The molecule has 1 atom stereocenters. The first-order valence-corrected chi connectivity index (χ1v) is 20.7. The van der Waals surface area contributed by atoms with Gasteiger partial charge in [0.25, 0.3) is 0 Å².